The average molecular weight is 483 g/mol. The Morgan fingerprint density at radius 1 is 1.09 bits per heavy atom. The van der Waals surface area contributed by atoms with Crippen molar-refractivity contribution in [2.24, 2.45) is 33.5 Å². The van der Waals surface area contributed by atoms with Crippen molar-refractivity contribution in [1.29, 1.82) is 0 Å². The van der Waals surface area contributed by atoms with E-state index in [-0.39, 0.29) is 35.0 Å². The molecule has 35 heavy (non-hydrogen) atoms. The summed E-state index contributed by atoms with van der Waals surface area (Å²) in [5.74, 6) is -0.603. The van der Waals surface area contributed by atoms with Crippen molar-refractivity contribution in [3.63, 3.8) is 0 Å². The van der Waals surface area contributed by atoms with Gasteiger partial charge in [0, 0.05) is 28.7 Å². The quantitative estimate of drug-likeness (QED) is 0.450. The topological polar surface area (TPSA) is 95.3 Å². The van der Waals surface area contributed by atoms with Crippen LogP contribution in [0.15, 0.2) is 35.2 Å². The molecule has 2 saturated heterocycles. The molecule has 1 aromatic heterocycles. The number of epoxide rings is 1. The summed E-state index contributed by atoms with van der Waals surface area (Å²) in [5.41, 5.74) is -2.15. The van der Waals surface area contributed by atoms with Crippen molar-refractivity contribution < 1.29 is 33.0 Å². The predicted octanol–water partition coefficient (Wildman–Crippen LogP) is 4.56. The number of esters is 2. The van der Waals surface area contributed by atoms with Gasteiger partial charge in [0.05, 0.1) is 12.5 Å². The van der Waals surface area contributed by atoms with E-state index in [9.17, 15) is 14.4 Å². The molecule has 3 aliphatic carbocycles. The van der Waals surface area contributed by atoms with Crippen LogP contribution >= 0.6 is 0 Å². The SMILES string of the molecule is CC(=O)O[C@@H]1C[C@@H]2C(C)(C)C(=O)C=C[C@]2(C)[C@H]2CC[C@@]3(C)[C@H](c4ccoc4)OC(=O)[C@H]4O[C@]43[C@@]21C. The molecule has 5 aliphatic rings. The third kappa shape index (κ3) is 2.48. The van der Waals surface area contributed by atoms with Gasteiger partial charge in [-0.05, 0) is 48.7 Å². The lowest BCUT2D eigenvalue weighted by Gasteiger charge is -2.68. The van der Waals surface area contributed by atoms with Gasteiger partial charge in [0.25, 0.3) is 0 Å². The van der Waals surface area contributed by atoms with Gasteiger partial charge >= 0.3 is 11.9 Å². The first-order valence-corrected chi connectivity index (χ1v) is 12.7. The maximum Gasteiger partial charge on any atom is 0.339 e. The minimum atomic E-state index is -0.853. The Morgan fingerprint density at radius 3 is 2.49 bits per heavy atom. The third-order valence-electron chi connectivity index (χ3n) is 10.8. The van der Waals surface area contributed by atoms with Gasteiger partial charge in [-0.2, -0.15) is 0 Å². The maximum atomic E-state index is 13.2. The van der Waals surface area contributed by atoms with Crippen molar-refractivity contribution in [2.45, 2.75) is 84.7 Å². The molecule has 7 nitrogen and oxygen atoms in total. The van der Waals surface area contributed by atoms with Crippen LogP contribution in [-0.2, 0) is 28.6 Å². The maximum absolute atomic E-state index is 13.2. The van der Waals surface area contributed by atoms with E-state index < -0.39 is 40.2 Å². The summed E-state index contributed by atoms with van der Waals surface area (Å²) in [6.07, 6.45) is 7.46. The molecule has 4 fully saturated rings. The Bertz CT molecular complexity index is 1150. The fourth-order valence-electron chi connectivity index (χ4n) is 9.20. The third-order valence-corrected chi connectivity index (χ3v) is 10.8. The van der Waals surface area contributed by atoms with E-state index in [1.165, 1.54) is 6.92 Å². The summed E-state index contributed by atoms with van der Waals surface area (Å²) in [7, 11) is 0. The molecular weight excluding hydrogens is 448 g/mol. The summed E-state index contributed by atoms with van der Waals surface area (Å²) < 4.78 is 24.0. The Kier molecular flexibility index (Phi) is 4.38. The molecule has 6 rings (SSSR count). The smallest absolute Gasteiger partial charge is 0.339 e. The lowest BCUT2D eigenvalue weighted by molar-refractivity contribution is -0.251. The summed E-state index contributed by atoms with van der Waals surface area (Å²) in [5, 5.41) is 0. The highest BCUT2D eigenvalue weighted by molar-refractivity contribution is 5.95. The number of allylic oxidation sites excluding steroid dienone is 2. The normalized spacial score (nSPS) is 49.1. The standard InChI is InChI=1S/C28H34O7/c1-15(29)33-20-13-18-24(2,3)19(30)8-10-25(18,4)17-7-11-26(5)21(16-9-12-32-14-16)34-23(31)22-28(26,35-22)27(17,20)6/h8-10,12,14,17-18,20-22H,7,11,13H2,1-6H3/t17-,18-,20-,21+,22-,25-,26+,27+,28-/m1/s1. The second-order valence-corrected chi connectivity index (χ2v) is 12.6. The largest absolute Gasteiger partial charge is 0.472 e. The van der Waals surface area contributed by atoms with Gasteiger partial charge in [0.2, 0.25) is 0 Å². The number of ketones is 1. The minimum absolute atomic E-state index is 0.00639. The lowest BCUT2D eigenvalue weighted by Crippen LogP contribution is -2.72. The lowest BCUT2D eigenvalue weighted by atomic mass is 9.35. The Hall–Kier alpha value is -2.41. The predicted molar refractivity (Wildman–Crippen MR) is 124 cm³/mol. The highest BCUT2D eigenvalue weighted by atomic mass is 16.7. The van der Waals surface area contributed by atoms with E-state index in [1.807, 2.05) is 19.9 Å². The van der Waals surface area contributed by atoms with Crippen molar-refractivity contribution in [2.75, 3.05) is 0 Å². The van der Waals surface area contributed by atoms with Crippen molar-refractivity contribution in [3.05, 3.63) is 36.3 Å². The molecule has 9 atom stereocenters. The van der Waals surface area contributed by atoms with Crippen LogP contribution in [0.4, 0.5) is 0 Å². The van der Waals surface area contributed by atoms with Gasteiger partial charge in [0.15, 0.2) is 11.9 Å². The molecule has 2 aliphatic heterocycles. The Labute approximate surface area is 205 Å². The monoisotopic (exact) mass is 482 g/mol. The van der Waals surface area contributed by atoms with Crippen molar-refractivity contribution in [1.82, 2.24) is 0 Å². The first-order chi connectivity index (χ1) is 16.3. The molecule has 0 aromatic carbocycles. The summed E-state index contributed by atoms with van der Waals surface area (Å²) in [4.78, 5) is 38.6. The Balaban J connectivity index is 1.55. The highest BCUT2D eigenvalue weighted by Gasteiger charge is 2.88. The molecule has 3 heterocycles. The molecule has 0 N–H and O–H groups in total. The van der Waals surface area contributed by atoms with Gasteiger partial charge in [-0.15, -0.1) is 0 Å². The number of carbonyl (C=O) groups excluding carboxylic acids is 3. The molecule has 7 heteroatoms. The number of rotatable bonds is 2. The molecule has 188 valence electrons. The van der Waals surface area contributed by atoms with E-state index in [4.69, 9.17) is 18.6 Å². The summed E-state index contributed by atoms with van der Waals surface area (Å²) >= 11 is 0. The summed E-state index contributed by atoms with van der Waals surface area (Å²) in [6.45, 7) is 12.0. The molecule has 1 spiro atoms. The molecule has 0 radical (unpaired) electrons. The molecule has 2 saturated carbocycles. The second kappa shape index (κ2) is 6.67. The number of fused-ring (bicyclic) bond motifs is 3. The van der Waals surface area contributed by atoms with Crippen LogP contribution in [0, 0.1) is 33.5 Å². The van der Waals surface area contributed by atoms with Gasteiger partial charge in [-0.3, -0.25) is 9.59 Å². The van der Waals surface area contributed by atoms with Crippen LogP contribution in [0.1, 0.15) is 72.5 Å². The number of cyclic esters (lactones) is 1. The van der Waals surface area contributed by atoms with Gasteiger partial charge in [-0.1, -0.05) is 40.7 Å². The first-order valence-electron chi connectivity index (χ1n) is 12.7. The van der Waals surface area contributed by atoms with E-state index in [0.29, 0.717) is 6.42 Å². The van der Waals surface area contributed by atoms with Crippen molar-refractivity contribution >= 4 is 17.7 Å². The van der Waals surface area contributed by atoms with Crippen LogP contribution < -0.4 is 0 Å². The van der Waals surface area contributed by atoms with E-state index in [0.717, 1.165) is 18.4 Å². The highest BCUT2D eigenvalue weighted by Crippen LogP contribution is 2.79. The van der Waals surface area contributed by atoms with Crippen LogP contribution in [-0.4, -0.2) is 35.5 Å². The number of ether oxygens (including phenoxy) is 3. The van der Waals surface area contributed by atoms with Gasteiger partial charge < -0.3 is 18.6 Å². The van der Waals surface area contributed by atoms with E-state index in [1.54, 1.807) is 18.6 Å². The molecular formula is C28H34O7. The number of hydrogen-bond donors (Lipinski definition) is 0. The van der Waals surface area contributed by atoms with Crippen LogP contribution in [0.3, 0.4) is 0 Å². The van der Waals surface area contributed by atoms with Gasteiger partial charge in [-0.25, -0.2) is 4.79 Å². The number of furan rings is 1. The molecule has 0 bridgehead atoms. The van der Waals surface area contributed by atoms with Crippen molar-refractivity contribution in [3.8, 4) is 0 Å². The van der Waals surface area contributed by atoms with Crippen LogP contribution in [0.25, 0.3) is 0 Å². The van der Waals surface area contributed by atoms with E-state index in [2.05, 4.69) is 26.8 Å². The zero-order valence-corrected chi connectivity index (χ0v) is 21.3. The first kappa shape index (κ1) is 23.0. The molecule has 0 amide bonds. The zero-order chi connectivity index (χ0) is 25.2. The van der Waals surface area contributed by atoms with Gasteiger partial charge in [0.1, 0.15) is 17.8 Å². The van der Waals surface area contributed by atoms with Crippen LogP contribution in [0.5, 0.6) is 0 Å². The summed E-state index contributed by atoms with van der Waals surface area (Å²) in [6, 6.07) is 1.84. The Morgan fingerprint density at radius 2 is 1.83 bits per heavy atom. The minimum Gasteiger partial charge on any atom is -0.472 e. The number of hydrogen-bond acceptors (Lipinski definition) is 7. The average Bonchev–Trinajstić information content (AvgIpc) is 3.35. The second-order valence-electron chi connectivity index (χ2n) is 12.6. The fourth-order valence-corrected chi connectivity index (χ4v) is 9.20. The number of carbonyl (C=O) groups is 3. The van der Waals surface area contributed by atoms with E-state index >= 15 is 0 Å². The fraction of sp³-hybridized carbons (Fsp3) is 0.679. The molecule has 0 unspecified atom stereocenters. The van der Waals surface area contributed by atoms with Crippen LogP contribution in [0.2, 0.25) is 0 Å². The zero-order valence-electron chi connectivity index (χ0n) is 21.3. The molecule has 1 aromatic rings.